The number of carbonyl (C=O) groups is 1. The number of carbonyl (C=O) groups excluding carboxylic acids is 3. The van der Waals surface area contributed by atoms with Gasteiger partial charge in [-0.25, -0.2) is 9.78 Å². The van der Waals surface area contributed by atoms with Crippen molar-refractivity contribution in [3.63, 3.8) is 0 Å². The second kappa shape index (κ2) is 6.28. The van der Waals surface area contributed by atoms with Gasteiger partial charge in [0.15, 0.2) is 5.69 Å². The van der Waals surface area contributed by atoms with Crippen molar-refractivity contribution >= 4 is 17.8 Å². The lowest BCUT2D eigenvalue weighted by molar-refractivity contribution is -0.191. The number of rotatable bonds is 1. The number of ether oxygens (including phenoxy) is 1. The molecule has 2 N–H and O–H groups in total. The molecule has 1 aromatic rings. The van der Waals surface area contributed by atoms with Crippen LogP contribution in [0, 0.1) is 6.92 Å². The van der Waals surface area contributed by atoms with Crippen molar-refractivity contribution in [1.29, 1.82) is 0 Å². The van der Waals surface area contributed by atoms with Crippen molar-refractivity contribution in [2.24, 2.45) is 0 Å². The van der Waals surface area contributed by atoms with Gasteiger partial charge >= 0.3 is 12.1 Å². The summed E-state index contributed by atoms with van der Waals surface area (Å²) in [6.07, 6.45) is 0.250. The van der Waals surface area contributed by atoms with Crippen molar-refractivity contribution in [3.8, 4) is 0 Å². The van der Waals surface area contributed by atoms with Crippen LogP contribution >= 0.6 is 0 Å². The Hall–Kier alpha value is -2.20. The van der Waals surface area contributed by atoms with Gasteiger partial charge in [-0.05, 0) is 19.1 Å². The minimum Gasteiger partial charge on any atom is -0.464 e. The standard InChI is InChI=1S/C8H10N2O2.CO2/c1-5-3-6(9)4-7(10-5)8(11)12-2;2-1-3/h3-4H,1-2H3,(H2,9,10);. The molecule has 0 spiro atoms. The summed E-state index contributed by atoms with van der Waals surface area (Å²) in [5, 5.41) is 0. The number of esters is 1. The number of hydrogen-bond donors (Lipinski definition) is 1. The zero-order chi connectivity index (χ0) is 11.8. The van der Waals surface area contributed by atoms with Crippen LogP contribution in [0.1, 0.15) is 16.2 Å². The first-order chi connectivity index (χ1) is 7.04. The summed E-state index contributed by atoms with van der Waals surface area (Å²) in [4.78, 5) is 31.2. The van der Waals surface area contributed by atoms with Gasteiger partial charge in [-0.3, -0.25) is 0 Å². The van der Waals surface area contributed by atoms with Crippen molar-refractivity contribution in [2.45, 2.75) is 6.92 Å². The molecule has 15 heavy (non-hydrogen) atoms. The van der Waals surface area contributed by atoms with Gasteiger partial charge in [-0.2, -0.15) is 9.59 Å². The molecule has 1 heterocycles. The predicted octanol–water partition coefficient (Wildman–Crippen LogP) is 0.175. The largest absolute Gasteiger partial charge is 0.464 e. The van der Waals surface area contributed by atoms with E-state index in [0.717, 1.165) is 0 Å². The molecule has 0 aliphatic rings. The third-order valence-corrected chi connectivity index (χ3v) is 1.37. The molecule has 0 unspecified atom stereocenters. The van der Waals surface area contributed by atoms with E-state index in [0.29, 0.717) is 11.4 Å². The highest BCUT2D eigenvalue weighted by Gasteiger charge is 2.07. The van der Waals surface area contributed by atoms with Crippen LogP contribution < -0.4 is 5.73 Å². The number of anilines is 1. The molecule has 0 saturated carbocycles. The molecule has 0 radical (unpaired) electrons. The van der Waals surface area contributed by atoms with Crippen LogP contribution in [-0.4, -0.2) is 24.2 Å². The van der Waals surface area contributed by atoms with Crippen LogP contribution in [-0.2, 0) is 14.3 Å². The number of methoxy groups -OCH3 is 1. The summed E-state index contributed by atoms with van der Waals surface area (Å²) in [5.74, 6) is -0.467. The first-order valence-corrected chi connectivity index (χ1v) is 3.87. The summed E-state index contributed by atoms with van der Waals surface area (Å²) < 4.78 is 4.49. The van der Waals surface area contributed by atoms with E-state index in [1.54, 1.807) is 13.0 Å². The molecular formula is C9H10N2O4. The van der Waals surface area contributed by atoms with Crippen LogP contribution in [0.3, 0.4) is 0 Å². The highest BCUT2D eigenvalue weighted by atomic mass is 16.5. The van der Waals surface area contributed by atoms with E-state index >= 15 is 0 Å². The Morgan fingerprint density at radius 2 is 2.00 bits per heavy atom. The van der Waals surface area contributed by atoms with Gasteiger partial charge in [0.2, 0.25) is 0 Å². The predicted molar refractivity (Wildman–Crippen MR) is 49.7 cm³/mol. The lowest BCUT2D eigenvalue weighted by Gasteiger charge is -2.00. The normalized spacial score (nSPS) is 8.13. The maximum absolute atomic E-state index is 11.0. The second-order valence-electron chi connectivity index (χ2n) is 2.50. The van der Waals surface area contributed by atoms with E-state index in [4.69, 9.17) is 15.3 Å². The van der Waals surface area contributed by atoms with Gasteiger partial charge in [-0.1, -0.05) is 0 Å². The molecule has 1 rings (SSSR count). The fraction of sp³-hybridized carbons (Fsp3) is 0.222. The Morgan fingerprint density at radius 1 is 1.47 bits per heavy atom. The fourth-order valence-electron chi connectivity index (χ4n) is 0.904. The van der Waals surface area contributed by atoms with Crippen molar-refractivity contribution in [3.05, 3.63) is 23.5 Å². The van der Waals surface area contributed by atoms with Crippen molar-refractivity contribution < 1.29 is 19.1 Å². The van der Waals surface area contributed by atoms with Crippen molar-refractivity contribution in [2.75, 3.05) is 12.8 Å². The molecule has 0 amide bonds. The molecule has 0 saturated heterocycles. The average molecular weight is 210 g/mol. The third-order valence-electron chi connectivity index (χ3n) is 1.37. The fourth-order valence-corrected chi connectivity index (χ4v) is 0.904. The van der Waals surface area contributed by atoms with Gasteiger partial charge in [0.25, 0.3) is 0 Å². The Kier molecular flexibility index (Phi) is 5.36. The Labute approximate surface area is 86.1 Å². The first-order valence-electron chi connectivity index (χ1n) is 3.87. The van der Waals surface area contributed by atoms with Crippen LogP contribution in [0.2, 0.25) is 0 Å². The number of nitrogens with two attached hydrogens (primary N) is 1. The Balaban J connectivity index is 0.000000583. The number of pyridine rings is 1. The topological polar surface area (TPSA) is 99.3 Å². The molecule has 80 valence electrons. The van der Waals surface area contributed by atoms with Crippen LogP contribution in [0.25, 0.3) is 0 Å². The SMILES string of the molecule is COC(=O)c1cc(N)cc(C)n1.O=C=O. The van der Waals surface area contributed by atoms with E-state index in [2.05, 4.69) is 9.72 Å². The van der Waals surface area contributed by atoms with Gasteiger partial charge in [0.05, 0.1) is 7.11 Å². The Bertz CT molecular complexity index is 363. The number of aromatic nitrogens is 1. The summed E-state index contributed by atoms with van der Waals surface area (Å²) >= 11 is 0. The number of nitrogen functional groups attached to an aromatic ring is 1. The van der Waals surface area contributed by atoms with Crippen LogP contribution in [0.5, 0.6) is 0 Å². The maximum atomic E-state index is 11.0. The lowest BCUT2D eigenvalue weighted by Crippen LogP contribution is -2.06. The summed E-state index contributed by atoms with van der Waals surface area (Å²) in [5.41, 5.74) is 6.97. The molecule has 6 nitrogen and oxygen atoms in total. The van der Waals surface area contributed by atoms with E-state index in [9.17, 15) is 4.79 Å². The summed E-state index contributed by atoms with van der Waals surface area (Å²) in [6, 6.07) is 3.17. The monoisotopic (exact) mass is 210 g/mol. The van der Waals surface area contributed by atoms with Crippen LogP contribution in [0.4, 0.5) is 5.69 Å². The van der Waals surface area contributed by atoms with E-state index in [-0.39, 0.29) is 11.8 Å². The molecular weight excluding hydrogens is 200 g/mol. The molecule has 0 atom stereocenters. The minimum atomic E-state index is -0.467. The molecule has 0 aliphatic heterocycles. The third kappa shape index (κ3) is 4.54. The van der Waals surface area contributed by atoms with E-state index in [1.807, 2.05) is 0 Å². The number of nitrogens with zero attached hydrogens (tertiary/aromatic N) is 1. The smallest absolute Gasteiger partial charge is 0.373 e. The number of hydrogen-bond acceptors (Lipinski definition) is 6. The highest BCUT2D eigenvalue weighted by molar-refractivity contribution is 5.88. The Morgan fingerprint density at radius 3 is 2.40 bits per heavy atom. The summed E-state index contributed by atoms with van der Waals surface area (Å²) in [7, 11) is 1.31. The second-order valence-corrected chi connectivity index (χ2v) is 2.50. The zero-order valence-corrected chi connectivity index (χ0v) is 8.31. The van der Waals surface area contributed by atoms with Gasteiger partial charge in [0.1, 0.15) is 0 Å². The quantitative estimate of drug-likeness (QED) is 0.663. The maximum Gasteiger partial charge on any atom is 0.373 e. The lowest BCUT2D eigenvalue weighted by atomic mass is 10.3. The van der Waals surface area contributed by atoms with Crippen LogP contribution in [0.15, 0.2) is 12.1 Å². The average Bonchev–Trinajstić information content (AvgIpc) is 2.16. The number of aryl methyl sites for hydroxylation is 1. The first kappa shape index (κ1) is 12.8. The van der Waals surface area contributed by atoms with Gasteiger partial charge in [0, 0.05) is 11.4 Å². The molecule has 0 aliphatic carbocycles. The van der Waals surface area contributed by atoms with Crippen molar-refractivity contribution in [1.82, 2.24) is 4.98 Å². The molecule has 0 aromatic carbocycles. The molecule has 1 aromatic heterocycles. The minimum absolute atomic E-state index is 0.245. The van der Waals surface area contributed by atoms with E-state index in [1.165, 1.54) is 13.2 Å². The molecule has 0 bridgehead atoms. The van der Waals surface area contributed by atoms with E-state index < -0.39 is 5.97 Å². The summed E-state index contributed by atoms with van der Waals surface area (Å²) in [6.45, 7) is 1.77. The zero-order valence-electron chi connectivity index (χ0n) is 8.31. The highest BCUT2D eigenvalue weighted by Crippen LogP contribution is 2.07. The van der Waals surface area contributed by atoms with Gasteiger partial charge < -0.3 is 10.5 Å². The van der Waals surface area contributed by atoms with Gasteiger partial charge in [-0.15, -0.1) is 0 Å². The molecule has 6 heteroatoms. The molecule has 0 fully saturated rings.